The predicted octanol–water partition coefficient (Wildman–Crippen LogP) is 0.935. The molecule has 2 heterocycles. The lowest BCUT2D eigenvalue weighted by molar-refractivity contribution is 1.18. The van der Waals surface area contributed by atoms with Gasteiger partial charge in [-0.25, -0.2) is 4.98 Å². The maximum atomic E-state index is 3.93. The minimum absolute atomic E-state index is 0.887. The second-order valence-electron chi connectivity index (χ2n) is 1.76. The summed E-state index contributed by atoms with van der Waals surface area (Å²) in [6.07, 6.45) is 6.40. The van der Waals surface area contributed by atoms with Crippen LogP contribution in [0, 0.1) is 12.3 Å². The molecule has 2 heteroatoms. The number of pyridine rings is 1. The molecule has 0 aromatic carbocycles. The molecule has 0 aliphatic carbocycles. The quantitative estimate of drug-likeness (QED) is 0.500. The van der Waals surface area contributed by atoms with Crippen LogP contribution in [0.3, 0.4) is 0 Å². The molecule has 0 fully saturated rings. The molecule has 0 aliphatic rings. The summed E-state index contributed by atoms with van der Waals surface area (Å²) in [6.45, 7) is 0. The van der Waals surface area contributed by atoms with Gasteiger partial charge >= 0.3 is 0 Å². The van der Waals surface area contributed by atoms with Crippen LogP contribution in [-0.4, -0.2) is 9.38 Å². The van der Waals surface area contributed by atoms with E-state index in [1.165, 1.54) is 0 Å². The van der Waals surface area contributed by atoms with E-state index in [1.807, 2.05) is 22.7 Å². The summed E-state index contributed by atoms with van der Waals surface area (Å²) in [5, 5.41) is 0. The van der Waals surface area contributed by atoms with Crippen LogP contribution in [0.5, 0.6) is 0 Å². The van der Waals surface area contributed by atoms with Crippen molar-refractivity contribution in [2.75, 3.05) is 0 Å². The number of hydrogen-bond donors (Lipinski definition) is 0. The summed E-state index contributed by atoms with van der Waals surface area (Å²) in [5.74, 6) is 0. The Morgan fingerprint density at radius 2 is 2.56 bits per heavy atom. The average molecular weight is 116 g/mol. The SMILES string of the molecule is [c]1ccn2c[c]nc2c1. The van der Waals surface area contributed by atoms with Gasteiger partial charge < -0.3 is 4.40 Å². The average Bonchev–Trinajstić information content (AvgIpc) is 2.33. The molecule has 42 valence electrons. The molecule has 9 heavy (non-hydrogen) atoms. The number of fused-ring (bicyclic) bond motifs is 1. The van der Waals surface area contributed by atoms with E-state index >= 15 is 0 Å². The Labute approximate surface area is 52.8 Å². The normalized spacial score (nSPS) is 10.2. The van der Waals surface area contributed by atoms with Crippen LogP contribution in [0.4, 0.5) is 0 Å². The van der Waals surface area contributed by atoms with Crippen molar-refractivity contribution < 1.29 is 0 Å². The topological polar surface area (TPSA) is 17.3 Å². The summed E-state index contributed by atoms with van der Waals surface area (Å²) in [7, 11) is 0. The maximum absolute atomic E-state index is 3.93. The molecule has 0 amide bonds. The Bertz CT molecular complexity index is 281. The molecule has 0 saturated carbocycles. The van der Waals surface area contributed by atoms with Gasteiger partial charge in [0.05, 0.1) is 0 Å². The van der Waals surface area contributed by atoms with E-state index in [0.29, 0.717) is 0 Å². The molecule has 0 saturated heterocycles. The first-order valence-corrected chi connectivity index (χ1v) is 2.68. The Balaban J connectivity index is 2.95. The fourth-order valence-electron chi connectivity index (χ4n) is 0.753. The van der Waals surface area contributed by atoms with Crippen molar-refractivity contribution in [2.24, 2.45) is 0 Å². The van der Waals surface area contributed by atoms with Crippen LogP contribution >= 0.6 is 0 Å². The Kier molecular flexibility index (Phi) is 0.803. The lowest BCUT2D eigenvalue weighted by Crippen LogP contribution is -1.77. The van der Waals surface area contributed by atoms with Gasteiger partial charge in [-0.05, 0) is 18.2 Å². The predicted molar refractivity (Wildman–Crippen MR) is 32.9 cm³/mol. The monoisotopic (exact) mass is 116 g/mol. The summed E-state index contributed by atoms with van der Waals surface area (Å²) in [6, 6.07) is 6.57. The standard InChI is InChI=1S/C7H4N2/c1-2-5-9-6-4-8-7(9)3-1/h2-3,5-6H. The third kappa shape index (κ3) is 0.598. The van der Waals surface area contributed by atoms with Crippen molar-refractivity contribution in [1.82, 2.24) is 9.38 Å². The van der Waals surface area contributed by atoms with Crippen molar-refractivity contribution in [2.45, 2.75) is 0 Å². The highest BCUT2D eigenvalue weighted by atomic mass is 15.0. The molecule has 2 aromatic rings. The van der Waals surface area contributed by atoms with Crippen molar-refractivity contribution in [3.05, 3.63) is 36.8 Å². The number of nitrogens with zero attached hydrogens (tertiary/aromatic N) is 2. The Morgan fingerprint density at radius 1 is 1.56 bits per heavy atom. The van der Waals surface area contributed by atoms with Crippen LogP contribution in [0.15, 0.2) is 24.5 Å². The second-order valence-corrected chi connectivity index (χ2v) is 1.76. The first kappa shape index (κ1) is 4.56. The van der Waals surface area contributed by atoms with Crippen LogP contribution in [0.1, 0.15) is 0 Å². The lowest BCUT2D eigenvalue weighted by atomic mass is 10.5. The molecular weight excluding hydrogens is 112 g/mol. The summed E-state index contributed by atoms with van der Waals surface area (Å²) >= 11 is 0. The lowest BCUT2D eigenvalue weighted by Gasteiger charge is -1.86. The third-order valence-electron chi connectivity index (χ3n) is 1.18. The molecule has 2 radical (unpaired) electrons. The maximum Gasteiger partial charge on any atom is 0.138 e. The van der Waals surface area contributed by atoms with Gasteiger partial charge in [-0.3, -0.25) is 0 Å². The largest absolute Gasteiger partial charge is 0.306 e. The molecule has 0 atom stereocenters. The van der Waals surface area contributed by atoms with E-state index in [0.717, 1.165) is 5.65 Å². The van der Waals surface area contributed by atoms with Gasteiger partial charge in [0, 0.05) is 12.4 Å². The van der Waals surface area contributed by atoms with E-state index in [-0.39, 0.29) is 0 Å². The molecule has 2 rings (SSSR count). The number of rotatable bonds is 0. The molecule has 0 aliphatic heterocycles. The van der Waals surface area contributed by atoms with E-state index in [2.05, 4.69) is 17.2 Å². The van der Waals surface area contributed by atoms with E-state index in [1.54, 1.807) is 6.20 Å². The van der Waals surface area contributed by atoms with Gasteiger partial charge in [0.15, 0.2) is 0 Å². The van der Waals surface area contributed by atoms with Crippen LogP contribution in [0.2, 0.25) is 0 Å². The highest BCUT2D eigenvalue weighted by Crippen LogP contribution is 1.95. The molecule has 0 unspecified atom stereocenters. The Morgan fingerprint density at radius 3 is 3.44 bits per heavy atom. The zero-order valence-corrected chi connectivity index (χ0v) is 4.70. The van der Waals surface area contributed by atoms with Crippen LogP contribution in [-0.2, 0) is 0 Å². The van der Waals surface area contributed by atoms with Crippen LogP contribution in [0.25, 0.3) is 5.65 Å². The van der Waals surface area contributed by atoms with Gasteiger partial charge in [0.1, 0.15) is 11.8 Å². The van der Waals surface area contributed by atoms with Gasteiger partial charge in [-0.2, -0.15) is 0 Å². The zero-order chi connectivity index (χ0) is 6.10. The number of aromatic nitrogens is 2. The molecule has 2 aromatic heterocycles. The fraction of sp³-hybridized carbons (Fsp3) is 0. The van der Waals surface area contributed by atoms with Gasteiger partial charge in [0.2, 0.25) is 0 Å². The molecule has 0 bridgehead atoms. The number of imidazole rings is 1. The minimum Gasteiger partial charge on any atom is -0.306 e. The molecule has 0 N–H and O–H groups in total. The van der Waals surface area contributed by atoms with Crippen molar-refractivity contribution >= 4 is 5.65 Å². The van der Waals surface area contributed by atoms with Crippen molar-refractivity contribution in [3.63, 3.8) is 0 Å². The van der Waals surface area contributed by atoms with Crippen molar-refractivity contribution in [3.8, 4) is 0 Å². The second kappa shape index (κ2) is 1.58. The highest BCUT2D eigenvalue weighted by molar-refractivity contribution is 5.35. The van der Waals surface area contributed by atoms with E-state index in [9.17, 15) is 0 Å². The van der Waals surface area contributed by atoms with Gasteiger partial charge in [0.25, 0.3) is 0 Å². The summed E-state index contributed by atoms with van der Waals surface area (Å²) in [5.41, 5.74) is 0.887. The van der Waals surface area contributed by atoms with Crippen molar-refractivity contribution in [1.29, 1.82) is 0 Å². The third-order valence-corrected chi connectivity index (χ3v) is 1.18. The Hall–Kier alpha value is -1.31. The highest BCUT2D eigenvalue weighted by Gasteiger charge is 1.86. The molecule has 2 nitrogen and oxygen atoms in total. The number of hydrogen-bond acceptors (Lipinski definition) is 1. The first-order valence-electron chi connectivity index (χ1n) is 2.68. The molecule has 0 spiro atoms. The minimum atomic E-state index is 0.887. The first-order chi connectivity index (χ1) is 4.47. The van der Waals surface area contributed by atoms with E-state index in [4.69, 9.17) is 0 Å². The van der Waals surface area contributed by atoms with Crippen LogP contribution < -0.4 is 0 Å². The molecular formula is C7H4N2. The van der Waals surface area contributed by atoms with Gasteiger partial charge in [-0.15, -0.1) is 0 Å². The van der Waals surface area contributed by atoms with Gasteiger partial charge in [-0.1, -0.05) is 0 Å². The summed E-state index contributed by atoms with van der Waals surface area (Å²) in [4.78, 5) is 3.93. The summed E-state index contributed by atoms with van der Waals surface area (Å²) < 4.78 is 1.89. The fourth-order valence-corrected chi connectivity index (χ4v) is 0.753. The van der Waals surface area contributed by atoms with E-state index < -0.39 is 0 Å². The smallest absolute Gasteiger partial charge is 0.138 e. The zero-order valence-electron chi connectivity index (χ0n) is 4.70.